The maximum atomic E-state index is 5.74. The van der Waals surface area contributed by atoms with Crippen LogP contribution in [0.4, 0.5) is 0 Å². The summed E-state index contributed by atoms with van der Waals surface area (Å²) in [7, 11) is 0. The molecule has 0 aliphatic rings. The van der Waals surface area contributed by atoms with Gasteiger partial charge in [-0.1, -0.05) is 45.0 Å². The maximum absolute atomic E-state index is 5.74. The van der Waals surface area contributed by atoms with Crippen molar-refractivity contribution in [3.8, 4) is 17.2 Å². The van der Waals surface area contributed by atoms with Crippen molar-refractivity contribution in [2.24, 2.45) is 0 Å². The van der Waals surface area contributed by atoms with Gasteiger partial charge in [-0.2, -0.15) is 0 Å². The first-order valence-corrected chi connectivity index (χ1v) is 8.08. The van der Waals surface area contributed by atoms with E-state index in [9.17, 15) is 0 Å². The highest BCUT2D eigenvalue weighted by molar-refractivity contribution is 5.39. The third-order valence-corrected chi connectivity index (χ3v) is 3.48. The van der Waals surface area contributed by atoms with Gasteiger partial charge in [0, 0.05) is 0 Å². The molecule has 0 atom stereocenters. The molecule has 0 aliphatic heterocycles. The summed E-state index contributed by atoms with van der Waals surface area (Å²) in [5.74, 6) is 2.38. The SMILES string of the molecule is CCOc1ccccc1OCCOc1ccc(C(C)(C)C)cc1. The molecule has 0 saturated heterocycles. The zero-order valence-corrected chi connectivity index (χ0v) is 14.5. The molecular weight excluding hydrogens is 288 g/mol. The number of ether oxygens (including phenoxy) is 3. The highest BCUT2D eigenvalue weighted by atomic mass is 16.5. The molecule has 3 heteroatoms. The molecule has 0 radical (unpaired) electrons. The standard InChI is InChI=1S/C20H26O3/c1-5-21-18-8-6-7-9-19(18)23-15-14-22-17-12-10-16(11-13-17)20(2,3)4/h6-13H,5,14-15H2,1-4H3. The fraction of sp³-hybridized carbons (Fsp3) is 0.400. The Kier molecular flexibility index (Phi) is 5.91. The smallest absolute Gasteiger partial charge is 0.161 e. The Labute approximate surface area is 139 Å². The monoisotopic (exact) mass is 314 g/mol. The van der Waals surface area contributed by atoms with Crippen molar-refractivity contribution >= 4 is 0 Å². The number of hydrogen-bond acceptors (Lipinski definition) is 3. The molecule has 23 heavy (non-hydrogen) atoms. The van der Waals surface area contributed by atoms with Gasteiger partial charge < -0.3 is 14.2 Å². The van der Waals surface area contributed by atoms with Gasteiger partial charge in [0.1, 0.15) is 19.0 Å². The predicted octanol–water partition coefficient (Wildman–Crippen LogP) is 4.84. The van der Waals surface area contributed by atoms with Gasteiger partial charge in [-0.3, -0.25) is 0 Å². The minimum Gasteiger partial charge on any atom is -0.490 e. The molecule has 2 aromatic carbocycles. The van der Waals surface area contributed by atoms with Crippen LogP contribution in [0.25, 0.3) is 0 Å². The molecule has 0 N–H and O–H groups in total. The number of benzene rings is 2. The van der Waals surface area contributed by atoms with Crippen molar-refractivity contribution in [2.45, 2.75) is 33.1 Å². The van der Waals surface area contributed by atoms with E-state index in [0.717, 1.165) is 17.2 Å². The lowest BCUT2D eigenvalue weighted by atomic mass is 9.87. The van der Waals surface area contributed by atoms with Crippen LogP contribution in [0, 0.1) is 0 Å². The van der Waals surface area contributed by atoms with Crippen LogP contribution in [-0.4, -0.2) is 19.8 Å². The highest BCUT2D eigenvalue weighted by Crippen LogP contribution is 2.26. The van der Waals surface area contributed by atoms with E-state index in [2.05, 4.69) is 32.9 Å². The van der Waals surface area contributed by atoms with E-state index in [1.807, 2.05) is 43.3 Å². The number of rotatable bonds is 7. The first-order valence-electron chi connectivity index (χ1n) is 8.08. The van der Waals surface area contributed by atoms with E-state index in [1.165, 1.54) is 5.56 Å². The molecule has 0 unspecified atom stereocenters. The molecule has 0 heterocycles. The van der Waals surface area contributed by atoms with Gasteiger partial charge in [0.2, 0.25) is 0 Å². The summed E-state index contributed by atoms with van der Waals surface area (Å²) in [5, 5.41) is 0. The van der Waals surface area contributed by atoms with Gasteiger partial charge in [0.05, 0.1) is 6.61 Å². The summed E-state index contributed by atoms with van der Waals surface area (Å²) in [6.07, 6.45) is 0. The molecule has 124 valence electrons. The van der Waals surface area contributed by atoms with Crippen LogP contribution >= 0.6 is 0 Å². The normalized spacial score (nSPS) is 11.1. The Morgan fingerprint density at radius 1 is 0.739 bits per heavy atom. The summed E-state index contributed by atoms with van der Waals surface area (Å²) in [6.45, 7) is 10.2. The van der Waals surface area contributed by atoms with Crippen molar-refractivity contribution < 1.29 is 14.2 Å². The summed E-state index contributed by atoms with van der Waals surface area (Å²) in [6, 6.07) is 15.9. The summed E-state index contributed by atoms with van der Waals surface area (Å²) in [5.41, 5.74) is 1.46. The van der Waals surface area contributed by atoms with Crippen molar-refractivity contribution in [2.75, 3.05) is 19.8 Å². The lowest BCUT2D eigenvalue weighted by Crippen LogP contribution is -2.12. The van der Waals surface area contributed by atoms with Gasteiger partial charge in [-0.25, -0.2) is 0 Å². The van der Waals surface area contributed by atoms with E-state index in [0.29, 0.717) is 19.8 Å². The Balaban J connectivity index is 1.82. The van der Waals surface area contributed by atoms with Crippen LogP contribution in [0.3, 0.4) is 0 Å². The largest absolute Gasteiger partial charge is 0.490 e. The van der Waals surface area contributed by atoms with Gasteiger partial charge in [-0.05, 0) is 42.2 Å². The van der Waals surface area contributed by atoms with E-state index in [1.54, 1.807) is 0 Å². The molecular formula is C20H26O3. The van der Waals surface area contributed by atoms with Crippen molar-refractivity contribution in [1.29, 1.82) is 0 Å². The summed E-state index contributed by atoms with van der Waals surface area (Å²) in [4.78, 5) is 0. The van der Waals surface area contributed by atoms with E-state index in [-0.39, 0.29) is 5.41 Å². The maximum Gasteiger partial charge on any atom is 0.161 e. The van der Waals surface area contributed by atoms with Crippen molar-refractivity contribution in [3.05, 3.63) is 54.1 Å². The zero-order chi connectivity index (χ0) is 16.7. The van der Waals surface area contributed by atoms with Crippen molar-refractivity contribution in [1.82, 2.24) is 0 Å². The Morgan fingerprint density at radius 3 is 1.87 bits per heavy atom. The first-order chi connectivity index (χ1) is 11.0. The Bertz CT molecular complexity index is 597. The summed E-state index contributed by atoms with van der Waals surface area (Å²) >= 11 is 0. The molecule has 0 aromatic heterocycles. The van der Waals surface area contributed by atoms with Crippen LogP contribution < -0.4 is 14.2 Å². The van der Waals surface area contributed by atoms with Crippen LogP contribution in [0.1, 0.15) is 33.3 Å². The number of para-hydroxylation sites is 2. The molecule has 0 spiro atoms. The average Bonchev–Trinajstić information content (AvgIpc) is 2.53. The van der Waals surface area contributed by atoms with Crippen LogP contribution in [-0.2, 0) is 5.41 Å². The number of hydrogen-bond donors (Lipinski definition) is 0. The predicted molar refractivity (Wildman–Crippen MR) is 93.7 cm³/mol. The highest BCUT2D eigenvalue weighted by Gasteiger charge is 2.12. The molecule has 2 rings (SSSR count). The van der Waals surface area contributed by atoms with Gasteiger partial charge in [-0.15, -0.1) is 0 Å². The quantitative estimate of drug-likeness (QED) is 0.684. The van der Waals surface area contributed by atoms with Crippen LogP contribution in [0.2, 0.25) is 0 Å². The second kappa shape index (κ2) is 7.91. The lowest BCUT2D eigenvalue weighted by molar-refractivity contribution is 0.208. The first kappa shape index (κ1) is 17.2. The molecule has 0 saturated carbocycles. The summed E-state index contributed by atoms with van der Waals surface area (Å²) < 4.78 is 17.0. The topological polar surface area (TPSA) is 27.7 Å². The average molecular weight is 314 g/mol. The molecule has 0 bridgehead atoms. The van der Waals surface area contributed by atoms with Gasteiger partial charge >= 0.3 is 0 Å². The minimum absolute atomic E-state index is 0.157. The fourth-order valence-electron chi connectivity index (χ4n) is 2.21. The molecule has 2 aromatic rings. The third kappa shape index (κ3) is 5.20. The molecule has 0 amide bonds. The lowest BCUT2D eigenvalue weighted by Gasteiger charge is -2.19. The minimum atomic E-state index is 0.157. The fourth-order valence-corrected chi connectivity index (χ4v) is 2.21. The zero-order valence-electron chi connectivity index (χ0n) is 14.5. The van der Waals surface area contributed by atoms with Crippen LogP contribution in [0.15, 0.2) is 48.5 Å². The second-order valence-corrected chi connectivity index (χ2v) is 6.35. The van der Waals surface area contributed by atoms with E-state index < -0.39 is 0 Å². The van der Waals surface area contributed by atoms with Crippen LogP contribution in [0.5, 0.6) is 17.2 Å². The third-order valence-electron chi connectivity index (χ3n) is 3.48. The van der Waals surface area contributed by atoms with Gasteiger partial charge in [0.25, 0.3) is 0 Å². The molecule has 0 aliphatic carbocycles. The van der Waals surface area contributed by atoms with E-state index >= 15 is 0 Å². The van der Waals surface area contributed by atoms with E-state index in [4.69, 9.17) is 14.2 Å². The van der Waals surface area contributed by atoms with Crippen molar-refractivity contribution in [3.63, 3.8) is 0 Å². The molecule has 3 nitrogen and oxygen atoms in total. The Hall–Kier alpha value is -2.16. The Morgan fingerprint density at radius 2 is 1.30 bits per heavy atom. The second-order valence-electron chi connectivity index (χ2n) is 6.35. The van der Waals surface area contributed by atoms with Gasteiger partial charge in [0.15, 0.2) is 11.5 Å². The molecule has 0 fully saturated rings.